The second-order valence-corrected chi connectivity index (χ2v) is 11.4. The Morgan fingerprint density at radius 1 is 1.06 bits per heavy atom. The van der Waals surface area contributed by atoms with Gasteiger partial charge >= 0.3 is 0 Å². The number of benzene rings is 1. The van der Waals surface area contributed by atoms with E-state index in [9.17, 15) is 0 Å². The van der Waals surface area contributed by atoms with Gasteiger partial charge in [0.25, 0.3) is 0 Å². The Morgan fingerprint density at radius 2 is 1.84 bits per heavy atom. The zero-order chi connectivity index (χ0) is 22.7. The summed E-state index contributed by atoms with van der Waals surface area (Å²) in [7, 11) is 0. The molecule has 2 heterocycles. The smallest absolute Gasteiger partial charge is 0.0904 e. The fraction of sp³-hybridized carbons (Fsp3) is 0.517. The fourth-order valence-corrected chi connectivity index (χ4v) is 6.31. The average molecular weight is 447 g/mol. The van der Waals surface area contributed by atoms with Crippen LogP contribution in [0.2, 0.25) is 0 Å². The highest BCUT2D eigenvalue weighted by Gasteiger charge is 2.31. The van der Waals surface area contributed by atoms with Crippen LogP contribution in [0.5, 0.6) is 0 Å². The molecule has 0 unspecified atom stereocenters. The third kappa shape index (κ3) is 5.14. The maximum Gasteiger partial charge on any atom is 0.0904 e. The summed E-state index contributed by atoms with van der Waals surface area (Å²) in [6.07, 6.45) is 14.2. The van der Waals surface area contributed by atoms with E-state index in [1.807, 2.05) is 0 Å². The van der Waals surface area contributed by atoms with E-state index in [0.717, 1.165) is 34.3 Å². The molecule has 3 heteroatoms. The van der Waals surface area contributed by atoms with Crippen molar-refractivity contribution < 1.29 is 0 Å². The van der Waals surface area contributed by atoms with Gasteiger partial charge in [0.15, 0.2) is 0 Å². The predicted octanol–water partition coefficient (Wildman–Crippen LogP) is 9.02. The van der Waals surface area contributed by atoms with Crippen LogP contribution in [0.4, 0.5) is 0 Å². The van der Waals surface area contributed by atoms with Gasteiger partial charge in [-0.25, -0.2) is 9.97 Å². The molecule has 1 aromatic carbocycles. The van der Waals surface area contributed by atoms with E-state index in [0.29, 0.717) is 5.92 Å². The van der Waals surface area contributed by atoms with Gasteiger partial charge in [-0.2, -0.15) is 0 Å². The Bertz CT molecular complexity index is 1090. The number of aromatic nitrogens is 2. The monoisotopic (exact) mass is 446 g/mol. The molecule has 2 aromatic heterocycles. The van der Waals surface area contributed by atoms with Crippen LogP contribution in [0.15, 0.2) is 42.5 Å². The topological polar surface area (TPSA) is 25.8 Å². The van der Waals surface area contributed by atoms with Crippen molar-refractivity contribution in [3.8, 4) is 10.6 Å². The summed E-state index contributed by atoms with van der Waals surface area (Å²) in [5, 5.41) is 2.34. The van der Waals surface area contributed by atoms with Gasteiger partial charge in [-0.1, -0.05) is 77.2 Å². The van der Waals surface area contributed by atoms with E-state index >= 15 is 0 Å². The number of nitrogens with zero attached hydrogens (tertiary/aromatic N) is 2. The first-order valence-electron chi connectivity index (χ1n) is 12.4. The molecule has 1 fully saturated rings. The van der Waals surface area contributed by atoms with E-state index < -0.39 is 0 Å². The molecule has 0 N–H and O–H groups in total. The standard InChI is InChI=1S/C29H38N2S/c1-6-7-17-29(4,5)25(18-22-11-9-8-10-12-22)23-13-15-26-24(19-23)14-16-27(31-26)28-20(2)30-21(3)32-28/h7,13-17,19,22,25H,6,8-12,18H2,1-5H3/b17-7-/t25-/m1/s1. The average Bonchev–Trinajstić information content (AvgIpc) is 3.14. The fourth-order valence-electron chi connectivity index (χ4n) is 5.42. The van der Waals surface area contributed by atoms with Gasteiger partial charge in [0.1, 0.15) is 0 Å². The van der Waals surface area contributed by atoms with E-state index in [2.05, 4.69) is 82.1 Å². The maximum atomic E-state index is 5.00. The van der Waals surface area contributed by atoms with Crippen molar-refractivity contribution in [3.05, 3.63) is 58.7 Å². The number of pyridine rings is 1. The normalized spacial score (nSPS) is 16.8. The van der Waals surface area contributed by atoms with Gasteiger partial charge in [0.2, 0.25) is 0 Å². The Morgan fingerprint density at radius 3 is 2.53 bits per heavy atom. The van der Waals surface area contributed by atoms with Gasteiger partial charge in [-0.15, -0.1) is 11.3 Å². The van der Waals surface area contributed by atoms with Gasteiger partial charge in [-0.05, 0) is 67.7 Å². The number of thiazole rings is 1. The second kappa shape index (κ2) is 9.87. The van der Waals surface area contributed by atoms with Crippen molar-refractivity contribution in [1.82, 2.24) is 9.97 Å². The lowest BCUT2D eigenvalue weighted by atomic mass is 9.68. The zero-order valence-corrected chi connectivity index (χ0v) is 21.3. The number of fused-ring (bicyclic) bond motifs is 1. The molecule has 2 nitrogen and oxygen atoms in total. The van der Waals surface area contributed by atoms with Crippen molar-refractivity contribution in [2.24, 2.45) is 11.3 Å². The minimum Gasteiger partial charge on any atom is -0.247 e. The first-order valence-corrected chi connectivity index (χ1v) is 13.2. The summed E-state index contributed by atoms with van der Waals surface area (Å²) < 4.78 is 0. The lowest BCUT2D eigenvalue weighted by Gasteiger charge is -2.36. The third-order valence-electron chi connectivity index (χ3n) is 7.23. The Kier molecular flexibility index (Phi) is 7.14. The predicted molar refractivity (Wildman–Crippen MR) is 139 cm³/mol. The second-order valence-electron chi connectivity index (χ2n) is 10.2. The first kappa shape index (κ1) is 23.2. The molecule has 0 saturated heterocycles. The van der Waals surface area contributed by atoms with E-state index in [4.69, 9.17) is 4.98 Å². The van der Waals surface area contributed by atoms with Crippen LogP contribution < -0.4 is 0 Å². The molecule has 1 atom stereocenters. The van der Waals surface area contributed by atoms with Crippen LogP contribution in [0.3, 0.4) is 0 Å². The SMILES string of the molecule is CC/C=C\C(C)(C)[C@H](CC1CCCCC1)c1ccc2nc(-c3sc(C)nc3C)ccc2c1. The highest BCUT2D eigenvalue weighted by Crippen LogP contribution is 2.44. The summed E-state index contributed by atoms with van der Waals surface area (Å²) >= 11 is 1.73. The van der Waals surface area contributed by atoms with Crippen LogP contribution in [0, 0.1) is 25.2 Å². The summed E-state index contributed by atoms with van der Waals surface area (Å²) in [5.41, 5.74) is 4.81. The van der Waals surface area contributed by atoms with Gasteiger partial charge < -0.3 is 0 Å². The van der Waals surface area contributed by atoms with Crippen molar-refractivity contribution in [1.29, 1.82) is 0 Å². The minimum absolute atomic E-state index is 0.145. The lowest BCUT2D eigenvalue weighted by molar-refractivity contribution is 0.257. The van der Waals surface area contributed by atoms with Crippen LogP contribution in [-0.2, 0) is 0 Å². The Balaban J connectivity index is 1.68. The van der Waals surface area contributed by atoms with Crippen LogP contribution in [0.1, 0.15) is 87.9 Å². The molecule has 0 aliphatic heterocycles. The molecular formula is C29H38N2S. The van der Waals surface area contributed by atoms with Crippen molar-refractivity contribution in [2.45, 2.75) is 85.5 Å². The number of hydrogen-bond acceptors (Lipinski definition) is 3. The molecular weight excluding hydrogens is 408 g/mol. The number of rotatable bonds is 7. The van der Waals surface area contributed by atoms with Crippen molar-refractivity contribution in [3.63, 3.8) is 0 Å². The summed E-state index contributed by atoms with van der Waals surface area (Å²) in [5.74, 6) is 1.39. The minimum atomic E-state index is 0.145. The van der Waals surface area contributed by atoms with Crippen LogP contribution in [0.25, 0.3) is 21.5 Å². The molecule has 170 valence electrons. The first-order chi connectivity index (χ1) is 15.4. The molecule has 4 rings (SSSR count). The van der Waals surface area contributed by atoms with E-state index in [1.54, 1.807) is 11.3 Å². The molecule has 0 amide bonds. The molecule has 3 aromatic rings. The quantitative estimate of drug-likeness (QED) is 0.338. The van der Waals surface area contributed by atoms with E-state index in [1.165, 1.54) is 54.4 Å². The van der Waals surface area contributed by atoms with Crippen LogP contribution in [-0.4, -0.2) is 9.97 Å². The third-order valence-corrected chi connectivity index (χ3v) is 8.32. The molecule has 0 radical (unpaired) electrons. The van der Waals surface area contributed by atoms with Crippen LogP contribution >= 0.6 is 11.3 Å². The summed E-state index contributed by atoms with van der Waals surface area (Å²) in [4.78, 5) is 10.8. The molecule has 32 heavy (non-hydrogen) atoms. The molecule has 1 aliphatic carbocycles. The van der Waals surface area contributed by atoms with Gasteiger partial charge in [-0.3, -0.25) is 0 Å². The molecule has 0 bridgehead atoms. The maximum absolute atomic E-state index is 5.00. The Labute approximate surface area is 198 Å². The molecule has 1 saturated carbocycles. The zero-order valence-electron chi connectivity index (χ0n) is 20.4. The number of hydrogen-bond donors (Lipinski definition) is 0. The van der Waals surface area contributed by atoms with Crippen molar-refractivity contribution >= 4 is 22.2 Å². The van der Waals surface area contributed by atoms with E-state index in [-0.39, 0.29) is 5.41 Å². The summed E-state index contributed by atoms with van der Waals surface area (Å²) in [6.45, 7) is 11.2. The van der Waals surface area contributed by atoms with Gasteiger partial charge in [0, 0.05) is 5.39 Å². The Hall–Kier alpha value is -2.00. The lowest BCUT2D eigenvalue weighted by Crippen LogP contribution is -2.23. The highest BCUT2D eigenvalue weighted by molar-refractivity contribution is 7.15. The molecule has 0 spiro atoms. The molecule has 1 aliphatic rings. The van der Waals surface area contributed by atoms with Gasteiger partial charge in [0.05, 0.1) is 26.8 Å². The number of aryl methyl sites for hydroxylation is 2. The van der Waals surface area contributed by atoms with Crippen molar-refractivity contribution in [2.75, 3.05) is 0 Å². The largest absolute Gasteiger partial charge is 0.247 e. The number of allylic oxidation sites excluding steroid dienone is 2. The summed E-state index contributed by atoms with van der Waals surface area (Å²) in [6, 6.07) is 11.4. The highest BCUT2D eigenvalue weighted by atomic mass is 32.1.